The molecule has 2 N–H and O–H groups in total. The summed E-state index contributed by atoms with van der Waals surface area (Å²) in [5.41, 5.74) is -0.761. The zero-order chi connectivity index (χ0) is 13.2. The minimum absolute atomic E-state index is 0.106. The molecule has 1 rings (SSSR count). The van der Waals surface area contributed by atoms with Gasteiger partial charge in [0.05, 0.1) is 5.69 Å². The molecule has 1 amide bonds. The second kappa shape index (κ2) is 4.44. The first kappa shape index (κ1) is 13.0. The molecule has 0 saturated carbocycles. The van der Waals surface area contributed by atoms with Gasteiger partial charge in [-0.3, -0.25) is 10.00 Å². The third kappa shape index (κ3) is 3.78. The molecule has 0 aliphatic rings. The van der Waals surface area contributed by atoms with E-state index >= 15 is 0 Å². The van der Waals surface area contributed by atoms with Crippen LogP contribution in [0.25, 0.3) is 0 Å². The van der Waals surface area contributed by atoms with Gasteiger partial charge in [-0.25, -0.2) is 9.59 Å². The molecule has 0 aliphatic heterocycles. The van der Waals surface area contributed by atoms with Crippen LogP contribution in [0.1, 0.15) is 31.3 Å². The summed E-state index contributed by atoms with van der Waals surface area (Å²) in [5, 5.41) is 14.9. The zero-order valence-electron chi connectivity index (χ0n) is 10.1. The van der Waals surface area contributed by atoms with Crippen molar-refractivity contribution < 1.29 is 19.4 Å². The highest BCUT2D eigenvalue weighted by Gasteiger charge is 2.20. The summed E-state index contributed by atoms with van der Waals surface area (Å²) in [7, 11) is 1.56. The summed E-state index contributed by atoms with van der Waals surface area (Å²) < 4.78 is 6.31. The molecule has 0 atom stereocenters. The van der Waals surface area contributed by atoms with Gasteiger partial charge in [-0.05, 0) is 20.8 Å². The highest BCUT2D eigenvalue weighted by molar-refractivity contribution is 5.96. The molecule has 7 heteroatoms. The first-order chi connectivity index (χ1) is 7.69. The minimum atomic E-state index is -1.21. The van der Waals surface area contributed by atoms with Crippen LogP contribution < -0.4 is 5.32 Å². The Morgan fingerprint density at radius 3 is 2.53 bits per heavy atom. The molecule has 94 valence electrons. The molecular formula is C10H15N3O4. The molecule has 0 unspecified atom stereocenters. The van der Waals surface area contributed by atoms with E-state index in [1.807, 2.05) is 0 Å². The van der Waals surface area contributed by atoms with Crippen molar-refractivity contribution in [1.29, 1.82) is 0 Å². The van der Waals surface area contributed by atoms with E-state index in [9.17, 15) is 9.59 Å². The summed E-state index contributed by atoms with van der Waals surface area (Å²) in [6.07, 6.45) is 0.681. The number of nitrogens with zero attached hydrogens (tertiary/aromatic N) is 2. The Labute approximate surface area is 98.4 Å². The fraction of sp³-hybridized carbons (Fsp3) is 0.500. The number of carbonyl (C=O) groups is 2. The number of hydrogen-bond acceptors (Lipinski definition) is 4. The zero-order valence-corrected chi connectivity index (χ0v) is 10.1. The van der Waals surface area contributed by atoms with Crippen molar-refractivity contribution >= 4 is 17.7 Å². The highest BCUT2D eigenvalue weighted by Crippen LogP contribution is 2.15. The van der Waals surface area contributed by atoms with Gasteiger partial charge in [-0.15, -0.1) is 0 Å². The van der Waals surface area contributed by atoms with Crippen LogP contribution >= 0.6 is 0 Å². The van der Waals surface area contributed by atoms with Gasteiger partial charge in [0.15, 0.2) is 5.69 Å². The number of ether oxygens (including phenoxy) is 1. The quantitative estimate of drug-likeness (QED) is 0.817. The average Bonchev–Trinajstić information content (AvgIpc) is 2.42. The third-order valence-corrected chi connectivity index (χ3v) is 1.67. The number of rotatable bonds is 2. The molecule has 0 spiro atoms. The van der Waals surface area contributed by atoms with Gasteiger partial charge in [0, 0.05) is 13.2 Å². The van der Waals surface area contributed by atoms with Crippen LogP contribution in [0, 0.1) is 0 Å². The number of aryl methyl sites for hydroxylation is 1. The smallest absolute Gasteiger partial charge is 0.412 e. The normalized spacial score (nSPS) is 11.1. The molecule has 1 aromatic heterocycles. The van der Waals surface area contributed by atoms with Crippen molar-refractivity contribution in [3.63, 3.8) is 0 Å². The lowest BCUT2D eigenvalue weighted by atomic mass is 10.2. The Bertz CT molecular complexity index is 445. The van der Waals surface area contributed by atoms with Crippen molar-refractivity contribution in [2.24, 2.45) is 7.05 Å². The van der Waals surface area contributed by atoms with Crippen LogP contribution in [-0.4, -0.2) is 32.6 Å². The number of nitrogens with one attached hydrogen (secondary N) is 1. The maximum Gasteiger partial charge on any atom is 0.412 e. The molecule has 1 aromatic rings. The first-order valence-electron chi connectivity index (χ1n) is 4.96. The van der Waals surface area contributed by atoms with E-state index in [-0.39, 0.29) is 11.4 Å². The Kier molecular flexibility index (Phi) is 3.40. The number of amides is 1. The number of anilines is 1. The molecule has 0 saturated heterocycles. The number of carboxylic acid groups (broad SMARTS) is 1. The average molecular weight is 241 g/mol. The predicted octanol–water partition coefficient (Wildman–Crippen LogP) is 1.47. The predicted molar refractivity (Wildman–Crippen MR) is 60.0 cm³/mol. The van der Waals surface area contributed by atoms with Crippen LogP contribution in [0.2, 0.25) is 0 Å². The first-order valence-corrected chi connectivity index (χ1v) is 4.96. The van der Waals surface area contributed by atoms with Crippen molar-refractivity contribution in [1.82, 2.24) is 9.78 Å². The Balaban J connectivity index is 2.81. The molecule has 7 nitrogen and oxygen atoms in total. The molecule has 0 aromatic carbocycles. The van der Waals surface area contributed by atoms with Gasteiger partial charge < -0.3 is 9.84 Å². The summed E-state index contributed by atoms with van der Waals surface area (Å²) in [4.78, 5) is 22.3. The lowest BCUT2D eigenvalue weighted by Gasteiger charge is -2.19. The third-order valence-electron chi connectivity index (χ3n) is 1.67. The molecule has 0 fully saturated rings. The van der Waals surface area contributed by atoms with E-state index in [1.54, 1.807) is 27.8 Å². The molecule has 1 heterocycles. The lowest BCUT2D eigenvalue weighted by molar-refractivity contribution is 0.0636. The largest absolute Gasteiger partial charge is 0.476 e. The standard InChI is InChI=1S/C10H15N3O4/c1-10(2,3)17-9(16)11-6-5-13(4)12-7(6)8(14)15/h5H,1-4H3,(H,11,16)(H,14,15). The lowest BCUT2D eigenvalue weighted by Crippen LogP contribution is -2.27. The van der Waals surface area contributed by atoms with Crippen molar-refractivity contribution in [3.05, 3.63) is 11.9 Å². The van der Waals surface area contributed by atoms with Gasteiger partial charge in [0.2, 0.25) is 0 Å². The van der Waals surface area contributed by atoms with E-state index in [0.717, 1.165) is 0 Å². The number of carbonyl (C=O) groups excluding carboxylic acids is 1. The number of carboxylic acids is 1. The van der Waals surface area contributed by atoms with Gasteiger partial charge >= 0.3 is 12.1 Å². The van der Waals surface area contributed by atoms with Crippen LogP contribution in [0.5, 0.6) is 0 Å². The number of aromatic nitrogens is 2. The number of aromatic carboxylic acids is 1. The Hall–Kier alpha value is -2.05. The topological polar surface area (TPSA) is 93.5 Å². The fourth-order valence-corrected chi connectivity index (χ4v) is 1.15. The maximum atomic E-state index is 11.4. The maximum absolute atomic E-state index is 11.4. The van der Waals surface area contributed by atoms with Gasteiger partial charge in [-0.1, -0.05) is 0 Å². The van der Waals surface area contributed by atoms with E-state index in [4.69, 9.17) is 9.84 Å². The van der Waals surface area contributed by atoms with E-state index in [2.05, 4.69) is 10.4 Å². The summed E-state index contributed by atoms with van der Waals surface area (Å²) >= 11 is 0. The summed E-state index contributed by atoms with van der Waals surface area (Å²) in [6, 6.07) is 0. The van der Waals surface area contributed by atoms with E-state index < -0.39 is 17.7 Å². The van der Waals surface area contributed by atoms with E-state index in [0.29, 0.717) is 0 Å². The SMILES string of the molecule is Cn1cc(NC(=O)OC(C)(C)C)c(C(=O)O)n1. The van der Waals surface area contributed by atoms with Gasteiger partial charge in [0.25, 0.3) is 0 Å². The molecule has 0 aliphatic carbocycles. The Morgan fingerprint density at radius 1 is 1.47 bits per heavy atom. The molecule has 0 radical (unpaired) electrons. The second-order valence-corrected chi connectivity index (χ2v) is 4.50. The molecule has 17 heavy (non-hydrogen) atoms. The van der Waals surface area contributed by atoms with E-state index in [1.165, 1.54) is 10.9 Å². The molecular weight excluding hydrogens is 226 g/mol. The second-order valence-electron chi connectivity index (χ2n) is 4.50. The number of hydrogen-bond donors (Lipinski definition) is 2. The highest BCUT2D eigenvalue weighted by atomic mass is 16.6. The fourth-order valence-electron chi connectivity index (χ4n) is 1.15. The van der Waals surface area contributed by atoms with Crippen LogP contribution in [0.4, 0.5) is 10.5 Å². The minimum Gasteiger partial charge on any atom is -0.476 e. The van der Waals surface area contributed by atoms with Gasteiger partial charge in [-0.2, -0.15) is 5.10 Å². The van der Waals surface area contributed by atoms with Crippen molar-refractivity contribution in [3.8, 4) is 0 Å². The molecule has 0 bridgehead atoms. The Morgan fingerprint density at radius 2 is 2.06 bits per heavy atom. The van der Waals surface area contributed by atoms with Crippen LogP contribution in [-0.2, 0) is 11.8 Å². The van der Waals surface area contributed by atoms with Crippen molar-refractivity contribution in [2.75, 3.05) is 5.32 Å². The van der Waals surface area contributed by atoms with Crippen LogP contribution in [0.15, 0.2) is 6.20 Å². The van der Waals surface area contributed by atoms with Crippen LogP contribution in [0.3, 0.4) is 0 Å². The van der Waals surface area contributed by atoms with Gasteiger partial charge in [0.1, 0.15) is 5.60 Å². The monoisotopic (exact) mass is 241 g/mol. The summed E-state index contributed by atoms with van der Waals surface area (Å²) in [5.74, 6) is -1.21. The van der Waals surface area contributed by atoms with Crippen molar-refractivity contribution in [2.45, 2.75) is 26.4 Å². The summed E-state index contributed by atoms with van der Waals surface area (Å²) in [6.45, 7) is 5.15.